The first-order valence-electron chi connectivity index (χ1n) is 18.3. The van der Waals surface area contributed by atoms with Crippen molar-refractivity contribution >= 4 is 47.4 Å². The number of rotatable bonds is 24. The molecule has 57 heavy (non-hydrogen) atoms. The molecular weight excluding hydrogens is 748 g/mol. The van der Waals surface area contributed by atoms with E-state index in [4.69, 9.17) is 27.7 Å². The monoisotopic (exact) mass is 808 g/mol. The van der Waals surface area contributed by atoms with E-state index in [9.17, 15) is 48.9 Å². The lowest BCUT2D eigenvalue weighted by Crippen LogP contribution is -2.60. The maximum atomic E-state index is 14.3. The summed E-state index contributed by atoms with van der Waals surface area (Å²) in [5.74, 6) is -6.89. The average Bonchev–Trinajstić information content (AvgIpc) is 3.13. The maximum Gasteiger partial charge on any atom is 0.326 e. The Hall–Kier alpha value is -5.54. The predicted molar refractivity (Wildman–Crippen MR) is 208 cm³/mol. The van der Waals surface area contributed by atoms with Gasteiger partial charge >= 0.3 is 5.97 Å². The molecule has 0 aliphatic rings. The first kappa shape index (κ1) is 49.5. The second-order valence-electron chi connectivity index (χ2n) is 14.1. The molecule has 0 bridgehead atoms. The molecule has 1 rings (SSSR count). The van der Waals surface area contributed by atoms with Gasteiger partial charge in [0.1, 0.15) is 48.1 Å². The molecule has 1 aromatic rings. The Bertz CT molecular complexity index is 1570. The Labute approximate surface area is 331 Å². The molecule has 0 spiro atoms. The highest BCUT2D eigenvalue weighted by Crippen LogP contribution is 2.25. The number of nitrogens with two attached hydrogens (primary N) is 4. The van der Waals surface area contributed by atoms with E-state index >= 15 is 0 Å². The number of guanidine groups is 1. The molecule has 0 aliphatic heterocycles. The zero-order valence-electron chi connectivity index (χ0n) is 33.5. The van der Waals surface area contributed by atoms with E-state index in [2.05, 4.69) is 20.9 Å². The summed E-state index contributed by atoms with van der Waals surface area (Å²) >= 11 is 0. The summed E-state index contributed by atoms with van der Waals surface area (Å²) in [6, 6.07) is -2.84. The summed E-state index contributed by atoms with van der Waals surface area (Å²) in [6.07, 6.45) is -2.95. The molecule has 320 valence electrons. The maximum absolute atomic E-state index is 14.3. The van der Waals surface area contributed by atoms with Crippen LogP contribution in [0.15, 0.2) is 29.3 Å². The Balaban J connectivity index is 3.63. The fourth-order valence-corrected chi connectivity index (χ4v) is 5.62. The lowest BCUT2D eigenvalue weighted by atomic mass is 9.98. The highest BCUT2D eigenvalue weighted by Gasteiger charge is 2.40. The number of aliphatic hydroxyl groups is 1. The SMILES string of the molecule is COC(c1ccc(O)cc1)C(NC(=O)[C@H](CCC(N)=O)N(C)C(=O)[C@H](CC(C)C)NC(=O)[C@@H](CCCN=C(N)N)NC(=O)[C@@H](N)[C@@H](C)O)C(=O)N(C)[C@@H](C)C(=O)O. The molecule has 0 fully saturated rings. The number of carboxylic acids is 1. The number of hydrogen-bond donors (Lipinski definition) is 10. The van der Waals surface area contributed by atoms with Crippen LogP contribution < -0.4 is 38.9 Å². The van der Waals surface area contributed by atoms with Gasteiger partial charge in [-0.05, 0) is 63.1 Å². The highest BCUT2D eigenvalue weighted by atomic mass is 16.5. The largest absolute Gasteiger partial charge is 0.508 e. The van der Waals surface area contributed by atoms with Crippen molar-refractivity contribution in [2.24, 2.45) is 33.8 Å². The third kappa shape index (κ3) is 15.9. The van der Waals surface area contributed by atoms with Gasteiger partial charge in [0.2, 0.25) is 35.4 Å². The number of phenols is 1. The first-order valence-corrected chi connectivity index (χ1v) is 18.3. The minimum atomic E-state index is -1.60. The molecule has 0 aromatic heterocycles. The molecule has 0 aliphatic carbocycles. The highest BCUT2D eigenvalue weighted by molar-refractivity contribution is 5.96. The summed E-state index contributed by atoms with van der Waals surface area (Å²) in [7, 11) is 3.73. The van der Waals surface area contributed by atoms with Gasteiger partial charge in [0.15, 0.2) is 5.96 Å². The number of benzene rings is 1. The van der Waals surface area contributed by atoms with Crippen molar-refractivity contribution in [3.8, 4) is 5.75 Å². The van der Waals surface area contributed by atoms with Crippen LogP contribution in [0, 0.1) is 5.92 Å². The average molecular weight is 809 g/mol. The van der Waals surface area contributed by atoms with E-state index < -0.39 is 89.9 Å². The van der Waals surface area contributed by atoms with Gasteiger partial charge in [-0.2, -0.15) is 0 Å². The number of aliphatic carboxylic acids is 1. The number of primary amides is 1. The molecule has 0 saturated heterocycles. The van der Waals surface area contributed by atoms with Gasteiger partial charge in [0, 0.05) is 34.2 Å². The number of carbonyl (C=O) groups excluding carboxylic acids is 6. The minimum Gasteiger partial charge on any atom is -0.508 e. The van der Waals surface area contributed by atoms with Crippen molar-refractivity contribution in [3.63, 3.8) is 0 Å². The summed E-state index contributed by atoms with van der Waals surface area (Å²) < 4.78 is 5.62. The van der Waals surface area contributed by atoms with Crippen LogP contribution in [-0.4, -0.2) is 143 Å². The van der Waals surface area contributed by atoms with E-state index in [1.54, 1.807) is 13.8 Å². The number of phenolic OH excluding ortho intramolecular Hbond substituents is 1. The summed E-state index contributed by atoms with van der Waals surface area (Å²) in [6.45, 7) is 6.21. The van der Waals surface area contributed by atoms with Crippen LogP contribution in [0.25, 0.3) is 0 Å². The Morgan fingerprint density at radius 3 is 1.89 bits per heavy atom. The number of methoxy groups -OCH3 is 1. The van der Waals surface area contributed by atoms with Gasteiger partial charge in [0.25, 0.3) is 0 Å². The second-order valence-corrected chi connectivity index (χ2v) is 14.1. The Morgan fingerprint density at radius 2 is 1.40 bits per heavy atom. The number of carboxylic acid groups (broad SMARTS) is 1. The first-order chi connectivity index (χ1) is 26.5. The number of aromatic hydroxyl groups is 1. The van der Waals surface area contributed by atoms with E-state index in [1.807, 2.05) is 0 Å². The number of aliphatic hydroxyl groups excluding tert-OH is 1. The standard InChI is InChI=1S/C36H60N10O11/c1-18(2)17-24(43-30(50)23(9-8-16-41-36(39)40)42-32(52)27(38)20(4)47)33(53)46(6)25(14-15-26(37)49)31(51)44-28(34(54)45(5)19(3)35(55)56)29(57-7)21-10-12-22(48)13-11-21/h10-13,18-20,23-25,27-29,47-48H,8-9,14-17,38H2,1-7H3,(H2,37,49)(H,42,52)(H,43,50)(H,44,51)(H,55,56)(H4,39,40,41)/t19-,20+,23+,24-,25-,27-,28?,29?/m0/s1. The summed E-state index contributed by atoms with van der Waals surface area (Å²) in [4.78, 5) is 98.4. The van der Waals surface area contributed by atoms with Crippen LogP contribution in [0.3, 0.4) is 0 Å². The lowest BCUT2D eigenvalue weighted by Gasteiger charge is -2.35. The number of aliphatic imine (C=N–C) groups is 1. The van der Waals surface area contributed by atoms with Gasteiger partial charge in [-0.1, -0.05) is 26.0 Å². The third-order valence-electron chi connectivity index (χ3n) is 9.13. The second kappa shape index (κ2) is 23.5. The molecule has 0 saturated carbocycles. The van der Waals surface area contributed by atoms with E-state index in [0.717, 1.165) is 9.80 Å². The number of likely N-dealkylation sites (N-methyl/N-ethyl adjacent to an activating group) is 2. The fourth-order valence-electron chi connectivity index (χ4n) is 5.62. The molecule has 21 heteroatoms. The Morgan fingerprint density at radius 1 is 0.825 bits per heavy atom. The summed E-state index contributed by atoms with van der Waals surface area (Å²) in [5.41, 5.74) is 22.3. The topological polar surface area (TPSA) is 348 Å². The van der Waals surface area contributed by atoms with Gasteiger partial charge in [0.05, 0.1) is 6.10 Å². The minimum absolute atomic E-state index is 0.00495. The van der Waals surface area contributed by atoms with Crippen molar-refractivity contribution in [3.05, 3.63) is 29.8 Å². The van der Waals surface area contributed by atoms with Gasteiger partial charge in [-0.25, -0.2) is 4.79 Å². The molecule has 8 atom stereocenters. The molecule has 2 unspecified atom stereocenters. The molecule has 0 heterocycles. The van der Waals surface area contributed by atoms with Crippen LogP contribution in [-0.2, 0) is 38.3 Å². The number of carbonyl (C=O) groups is 7. The number of ether oxygens (including phenoxy) is 1. The number of nitrogens with zero attached hydrogens (tertiary/aromatic N) is 3. The molecule has 6 amide bonds. The molecule has 0 radical (unpaired) electrons. The van der Waals surface area contributed by atoms with Crippen LogP contribution in [0.4, 0.5) is 0 Å². The molecule has 1 aromatic carbocycles. The molecule has 21 nitrogen and oxygen atoms in total. The van der Waals surface area contributed by atoms with Crippen molar-refractivity contribution in [1.29, 1.82) is 0 Å². The summed E-state index contributed by atoms with van der Waals surface area (Å²) in [5, 5.41) is 37.0. The van der Waals surface area contributed by atoms with Gasteiger partial charge < -0.3 is 68.7 Å². The van der Waals surface area contributed by atoms with Crippen molar-refractivity contribution in [1.82, 2.24) is 25.8 Å². The Kier molecular flexibility index (Phi) is 20.4. The zero-order chi connectivity index (χ0) is 43.7. The third-order valence-corrected chi connectivity index (χ3v) is 9.13. The van der Waals surface area contributed by atoms with Crippen LogP contribution in [0.5, 0.6) is 5.75 Å². The normalized spacial score (nSPS) is 15.3. The van der Waals surface area contributed by atoms with Crippen LogP contribution in [0.2, 0.25) is 0 Å². The van der Waals surface area contributed by atoms with Gasteiger partial charge in [-0.3, -0.25) is 33.8 Å². The van der Waals surface area contributed by atoms with Crippen molar-refractivity contribution < 1.29 is 53.6 Å². The van der Waals surface area contributed by atoms with E-state index in [1.165, 1.54) is 59.3 Å². The fraction of sp³-hybridized carbons (Fsp3) is 0.611. The van der Waals surface area contributed by atoms with Crippen molar-refractivity contribution in [2.45, 2.75) is 108 Å². The number of hydrogen-bond acceptors (Lipinski definition) is 12. The number of nitrogens with one attached hydrogen (secondary N) is 3. The van der Waals surface area contributed by atoms with E-state index in [-0.39, 0.29) is 56.3 Å². The lowest BCUT2D eigenvalue weighted by molar-refractivity contribution is -0.152. The van der Waals surface area contributed by atoms with Crippen LogP contribution in [0.1, 0.15) is 71.5 Å². The molecular formula is C36H60N10O11. The number of amides is 6. The van der Waals surface area contributed by atoms with Gasteiger partial charge in [-0.15, -0.1) is 0 Å². The quantitative estimate of drug-likeness (QED) is 0.0290. The zero-order valence-corrected chi connectivity index (χ0v) is 33.5. The smallest absolute Gasteiger partial charge is 0.326 e. The predicted octanol–water partition coefficient (Wildman–Crippen LogP) is -2.63. The molecule has 14 N–H and O–H groups in total. The van der Waals surface area contributed by atoms with Crippen LogP contribution >= 0.6 is 0 Å². The van der Waals surface area contributed by atoms with Crippen molar-refractivity contribution in [2.75, 3.05) is 27.7 Å². The van der Waals surface area contributed by atoms with E-state index in [0.29, 0.717) is 5.56 Å².